The van der Waals surface area contributed by atoms with Gasteiger partial charge in [0.25, 0.3) is 0 Å². The molecule has 4 aromatic rings. The zero-order valence-electron chi connectivity index (χ0n) is 18.3. The molecule has 0 bridgehead atoms. The van der Waals surface area contributed by atoms with Crippen LogP contribution in [0.15, 0.2) is 54.9 Å². The monoisotopic (exact) mass is 418 g/mol. The second kappa shape index (κ2) is 9.79. The summed E-state index contributed by atoms with van der Waals surface area (Å²) in [6.07, 6.45) is 4.88. The van der Waals surface area contributed by atoms with Crippen LogP contribution >= 0.6 is 0 Å². The Kier molecular flexibility index (Phi) is 6.67. The molecule has 0 saturated heterocycles. The molecule has 2 aromatic heterocycles. The lowest BCUT2D eigenvalue weighted by atomic mass is 10.1. The van der Waals surface area contributed by atoms with E-state index in [-0.39, 0.29) is 6.04 Å². The Hall–Kier alpha value is -3.12. The first kappa shape index (κ1) is 21.1. The average Bonchev–Trinajstić information content (AvgIpc) is 3.24. The van der Waals surface area contributed by atoms with Crippen LogP contribution in [0.2, 0.25) is 0 Å². The van der Waals surface area contributed by atoms with Gasteiger partial charge in [0, 0.05) is 12.0 Å². The highest BCUT2D eigenvalue weighted by atomic mass is 16.5. The van der Waals surface area contributed by atoms with Crippen LogP contribution in [0.3, 0.4) is 0 Å². The number of unbranched alkanes of at least 4 members (excludes halogenated alkanes) is 1. The first-order valence-corrected chi connectivity index (χ1v) is 11.0. The number of rotatable bonds is 10. The van der Waals surface area contributed by atoms with Gasteiger partial charge in [0.05, 0.1) is 36.6 Å². The van der Waals surface area contributed by atoms with E-state index in [9.17, 15) is 0 Å². The summed E-state index contributed by atoms with van der Waals surface area (Å²) in [4.78, 5) is 9.11. The smallest absolute Gasteiger partial charge is 0.152 e. The van der Waals surface area contributed by atoms with E-state index in [1.807, 2.05) is 43.6 Å². The molecule has 2 heterocycles. The van der Waals surface area contributed by atoms with E-state index in [0.29, 0.717) is 19.0 Å². The minimum absolute atomic E-state index is 0.0852. The molecular formula is C25H30N4O2. The molecule has 0 aliphatic carbocycles. The number of benzene rings is 2. The van der Waals surface area contributed by atoms with Gasteiger partial charge in [0.15, 0.2) is 5.82 Å². The molecule has 0 spiro atoms. The molecule has 0 radical (unpaired) electrons. The Balaban J connectivity index is 1.66. The maximum absolute atomic E-state index is 6.22. The third-order valence-corrected chi connectivity index (χ3v) is 5.51. The number of nitrogen functional groups attached to an aromatic ring is 1. The van der Waals surface area contributed by atoms with Crippen LogP contribution in [0.5, 0.6) is 5.75 Å². The number of pyridine rings is 1. The number of nitrogens with zero attached hydrogens (tertiary/aromatic N) is 3. The van der Waals surface area contributed by atoms with Crippen molar-refractivity contribution in [2.75, 3.05) is 25.6 Å². The summed E-state index contributed by atoms with van der Waals surface area (Å²) >= 11 is 0. The predicted octanol–water partition coefficient (Wildman–Crippen LogP) is 5.17. The molecule has 2 aromatic carbocycles. The fourth-order valence-corrected chi connectivity index (χ4v) is 3.87. The normalized spacial score (nSPS) is 12.5. The minimum Gasteiger partial charge on any atom is -0.494 e. The Morgan fingerprint density at radius 1 is 1.06 bits per heavy atom. The van der Waals surface area contributed by atoms with Gasteiger partial charge >= 0.3 is 0 Å². The minimum atomic E-state index is 0.0852. The van der Waals surface area contributed by atoms with E-state index < -0.39 is 0 Å². The van der Waals surface area contributed by atoms with Gasteiger partial charge in [-0.2, -0.15) is 0 Å². The number of imidazole rings is 1. The molecule has 1 atom stereocenters. The molecule has 2 N–H and O–H groups in total. The molecule has 0 aliphatic heterocycles. The first-order valence-electron chi connectivity index (χ1n) is 11.0. The molecule has 162 valence electrons. The van der Waals surface area contributed by atoms with E-state index in [2.05, 4.69) is 39.7 Å². The summed E-state index contributed by atoms with van der Waals surface area (Å²) in [5.41, 5.74) is 10.1. The second-order valence-corrected chi connectivity index (χ2v) is 7.73. The van der Waals surface area contributed by atoms with Crippen molar-refractivity contribution in [2.24, 2.45) is 0 Å². The Labute approximate surface area is 183 Å². The van der Waals surface area contributed by atoms with Crippen molar-refractivity contribution in [2.45, 2.75) is 39.2 Å². The number of ether oxygens (including phenoxy) is 2. The lowest BCUT2D eigenvalue weighted by Gasteiger charge is -2.20. The first-order chi connectivity index (χ1) is 15.2. The van der Waals surface area contributed by atoms with Crippen LogP contribution in [-0.2, 0) is 11.2 Å². The van der Waals surface area contributed by atoms with Gasteiger partial charge in [-0.25, -0.2) is 9.97 Å². The fraction of sp³-hybridized carbons (Fsp3) is 0.360. The zero-order valence-corrected chi connectivity index (χ0v) is 18.3. The van der Waals surface area contributed by atoms with Gasteiger partial charge in [-0.15, -0.1) is 0 Å². The van der Waals surface area contributed by atoms with Crippen LogP contribution in [0.4, 0.5) is 5.82 Å². The fourth-order valence-electron chi connectivity index (χ4n) is 3.87. The van der Waals surface area contributed by atoms with Gasteiger partial charge in [-0.05, 0) is 43.5 Å². The quantitative estimate of drug-likeness (QED) is 0.360. The molecule has 0 saturated carbocycles. The lowest BCUT2D eigenvalue weighted by molar-refractivity contribution is 0.114. The summed E-state index contributed by atoms with van der Waals surface area (Å²) in [5.74, 6) is 1.37. The highest BCUT2D eigenvalue weighted by Crippen LogP contribution is 2.30. The standard InChI is InChI=1S/C25H30N4O2/c1-3-5-14-31-20-12-10-18(11-13-20)15-19(16-30-4-2)29-17-27-23-24(29)21-8-6-7-9-22(21)28-25(23)26/h6-13,17,19H,3-5,14-16H2,1-2H3,(H2,26,28). The molecule has 0 fully saturated rings. The predicted molar refractivity (Wildman–Crippen MR) is 126 cm³/mol. The molecule has 6 nitrogen and oxygen atoms in total. The molecule has 1 unspecified atom stereocenters. The van der Waals surface area contributed by atoms with Gasteiger partial charge in [-0.3, -0.25) is 0 Å². The zero-order chi connectivity index (χ0) is 21.6. The van der Waals surface area contributed by atoms with Crippen molar-refractivity contribution >= 4 is 27.8 Å². The van der Waals surface area contributed by atoms with Crippen LogP contribution < -0.4 is 10.5 Å². The van der Waals surface area contributed by atoms with Gasteiger partial charge < -0.3 is 19.8 Å². The van der Waals surface area contributed by atoms with Crippen LogP contribution in [0, 0.1) is 0 Å². The number of hydrogen-bond acceptors (Lipinski definition) is 5. The van der Waals surface area contributed by atoms with E-state index in [1.54, 1.807) is 0 Å². The summed E-state index contributed by atoms with van der Waals surface area (Å²) < 4.78 is 13.8. The maximum Gasteiger partial charge on any atom is 0.152 e. The molecule has 0 aliphatic rings. The largest absolute Gasteiger partial charge is 0.494 e. The number of hydrogen-bond donors (Lipinski definition) is 1. The van der Waals surface area contributed by atoms with Gasteiger partial charge in [-0.1, -0.05) is 43.7 Å². The van der Waals surface area contributed by atoms with E-state index in [1.165, 1.54) is 5.56 Å². The number of aromatic nitrogens is 3. The lowest BCUT2D eigenvalue weighted by Crippen LogP contribution is -2.18. The van der Waals surface area contributed by atoms with Crippen molar-refractivity contribution in [3.63, 3.8) is 0 Å². The van der Waals surface area contributed by atoms with Gasteiger partial charge in [0.1, 0.15) is 11.3 Å². The molecule has 6 heteroatoms. The topological polar surface area (TPSA) is 75.2 Å². The number of fused-ring (bicyclic) bond motifs is 3. The number of nitrogens with two attached hydrogens (primary N) is 1. The summed E-state index contributed by atoms with van der Waals surface area (Å²) in [7, 11) is 0. The van der Waals surface area contributed by atoms with E-state index in [0.717, 1.165) is 53.6 Å². The van der Waals surface area contributed by atoms with Crippen molar-refractivity contribution in [3.05, 3.63) is 60.4 Å². The second-order valence-electron chi connectivity index (χ2n) is 7.73. The highest BCUT2D eigenvalue weighted by Gasteiger charge is 2.19. The molecule has 4 rings (SSSR count). The summed E-state index contributed by atoms with van der Waals surface area (Å²) in [6, 6.07) is 16.5. The summed E-state index contributed by atoms with van der Waals surface area (Å²) in [6.45, 7) is 6.19. The Morgan fingerprint density at radius 3 is 2.65 bits per heavy atom. The van der Waals surface area contributed by atoms with Crippen molar-refractivity contribution in [1.29, 1.82) is 0 Å². The molecule has 31 heavy (non-hydrogen) atoms. The van der Waals surface area contributed by atoms with Crippen molar-refractivity contribution < 1.29 is 9.47 Å². The van der Waals surface area contributed by atoms with Crippen LogP contribution in [0.25, 0.3) is 21.9 Å². The van der Waals surface area contributed by atoms with Crippen LogP contribution in [0.1, 0.15) is 38.3 Å². The Morgan fingerprint density at radius 2 is 1.87 bits per heavy atom. The van der Waals surface area contributed by atoms with Crippen molar-refractivity contribution in [1.82, 2.24) is 14.5 Å². The highest BCUT2D eigenvalue weighted by molar-refractivity contribution is 6.06. The summed E-state index contributed by atoms with van der Waals surface area (Å²) in [5, 5.41) is 1.05. The van der Waals surface area contributed by atoms with E-state index >= 15 is 0 Å². The van der Waals surface area contributed by atoms with Gasteiger partial charge in [0.2, 0.25) is 0 Å². The van der Waals surface area contributed by atoms with Crippen LogP contribution in [-0.4, -0.2) is 34.4 Å². The third kappa shape index (κ3) is 4.64. The van der Waals surface area contributed by atoms with E-state index in [4.69, 9.17) is 15.2 Å². The molecular weight excluding hydrogens is 388 g/mol. The maximum atomic E-state index is 6.22. The molecule has 0 amide bonds. The Bertz CT molecular complexity index is 1140. The third-order valence-electron chi connectivity index (χ3n) is 5.51. The van der Waals surface area contributed by atoms with Crippen molar-refractivity contribution in [3.8, 4) is 5.75 Å². The number of anilines is 1. The number of para-hydroxylation sites is 1. The SMILES string of the molecule is CCCCOc1ccc(CC(COCC)n2cnc3c(N)nc4ccccc4c32)cc1. The average molecular weight is 419 g/mol.